The molecule has 0 unspecified atom stereocenters. The smallest absolute Gasteiger partial charge is 0.261 e. The van der Waals surface area contributed by atoms with Crippen LogP contribution in [0.2, 0.25) is 10.0 Å². The Labute approximate surface area is 260 Å². The van der Waals surface area contributed by atoms with Crippen LogP contribution < -0.4 is 14.2 Å². The number of likely N-dealkylation sites (tertiary alicyclic amines) is 1. The summed E-state index contributed by atoms with van der Waals surface area (Å²) in [5.41, 5.74) is 0.817. The van der Waals surface area contributed by atoms with Gasteiger partial charge < -0.3 is 14.4 Å². The Morgan fingerprint density at radius 2 is 1.51 bits per heavy atom. The number of piperidine rings is 1. The number of anilines is 1. The summed E-state index contributed by atoms with van der Waals surface area (Å²) in [6.07, 6.45) is 0.974. The summed E-state index contributed by atoms with van der Waals surface area (Å²) in [6.45, 7) is 0.688. The molecule has 0 saturated carbocycles. The van der Waals surface area contributed by atoms with Crippen LogP contribution >= 0.6 is 23.2 Å². The first-order valence-electron chi connectivity index (χ1n) is 13.5. The number of para-hydroxylation sites is 1. The zero-order valence-corrected chi connectivity index (χ0v) is 25.5. The second-order valence-corrected chi connectivity index (χ2v) is 12.5. The van der Waals surface area contributed by atoms with Crippen molar-refractivity contribution >= 4 is 50.6 Å². The van der Waals surface area contributed by atoms with Gasteiger partial charge in [0.25, 0.3) is 15.9 Å². The molecule has 0 bridgehead atoms. The lowest BCUT2D eigenvalue weighted by Gasteiger charge is -2.32. The number of sulfonamides is 1. The second-order valence-electron chi connectivity index (χ2n) is 9.96. The largest absolute Gasteiger partial charge is 0.497 e. The van der Waals surface area contributed by atoms with E-state index in [4.69, 9.17) is 32.7 Å². The predicted molar refractivity (Wildman–Crippen MR) is 166 cm³/mol. The maximum atomic E-state index is 13.6. The van der Waals surface area contributed by atoms with E-state index in [1.807, 2.05) is 0 Å². The zero-order chi connectivity index (χ0) is 30.6. The average Bonchev–Trinajstić information content (AvgIpc) is 3.02. The van der Waals surface area contributed by atoms with E-state index in [1.165, 1.54) is 42.5 Å². The van der Waals surface area contributed by atoms with Crippen LogP contribution in [0.15, 0.2) is 95.9 Å². The summed E-state index contributed by atoms with van der Waals surface area (Å²) in [5.74, 6) is 0.942. The van der Waals surface area contributed by atoms with Crippen molar-refractivity contribution in [2.75, 3.05) is 24.9 Å². The number of halogens is 2. The van der Waals surface area contributed by atoms with Crippen LogP contribution in [0.4, 0.5) is 5.69 Å². The number of methoxy groups -OCH3 is 1. The van der Waals surface area contributed by atoms with Crippen LogP contribution in [0.25, 0.3) is 0 Å². The molecule has 222 valence electrons. The van der Waals surface area contributed by atoms with Gasteiger partial charge in [0, 0.05) is 29.6 Å². The first kappa shape index (κ1) is 30.4. The number of Topliss-reactive ketones (excluding diaryl/α,β-unsaturated/α-hetero) is 1. The number of carbonyl (C=O) groups excluding carboxylic acids is 2. The number of ketones is 1. The molecule has 1 N–H and O–H groups in total. The highest BCUT2D eigenvalue weighted by molar-refractivity contribution is 7.92. The number of nitrogens with zero attached hydrogens (tertiary/aromatic N) is 1. The Morgan fingerprint density at radius 1 is 0.860 bits per heavy atom. The fourth-order valence-electron chi connectivity index (χ4n) is 4.83. The summed E-state index contributed by atoms with van der Waals surface area (Å²) in [4.78, 5) is 28.2. The van der Waals surface area contributed by atoms with Crippen molar-refractivity contribution < 1.29 is 27.5 Å². The van der Waals surface area contributed by atoms with Gasteiger partial charge >= 0.3 is 0 Å². The number of rotatable bonds is 9. The molecule has 1 amide bonds. The molecule has 1 aliphatic heterocycles. The van der Waals surface area contributed by atoms with Crippen LogP contribution in [0, 0.1) is 5.92 Å². The molecule has 0 spiro atoms. The van der Waals surface area contributed by atoms with Gasteiger partial charge in [0.15, 0.2) is 5.78 Å². The van der Waals surface area contributed by atoms with E-state index in [0.717, 1.165) is 0 Å². The molecular formula is C32H28Cl2N2O6S. The van der Waals surface area contributed by atoms with Gasteiger partial charge in [-0.05, 0) is 91.7 Å². The van der Waals surface area contributed by atoms with E-state index in [1.54, 1.807) is 60.5 Å². The van der Waals surface area contributed by atoms with Crippen molar-refractivity contribution in [1.29, 1.82) is 0 Å². The van der Waals surface area contributed by atoms with Crippen molar-refractivity contribution in [2.45, 2.75) is 17.7 Å². The molecule has 0 aromatic heterocycles. The molecule has 4 aromatic carbocycles. The minimum atomic E-state index is -4.07. The Morgan fingerprint density at radius 3 is 2.16 bits per heavy atom. The molecule has 5 rings (SSSR count). The molecule has 1 aliphatic rings. The maximum absolute atomic E-state index is 13.6. The highest BCUT2D eigenvalue weighted by Gasteiger charge is 2.30. The summed E-state index contributed by atoms with van der Waals surface area (Å²) in [7, 11) is -2.50. The molecule has 8 nitrogen and oxygen atoms in total. The van der Waals surface area contributed by atoms with Gasteiger partial charge in [0.1, 0.15) is 17.2 Å². The molecule has 0 radical (unpaired) electrons. The third-order valence-electron chi connectivity index (χ3n) is 7.18. The van der Waals surface area contributed by atoms with Gasteiger partial charge in [-0.1, -0.05) is 35.3 Å². The SMILES string of the molecule is COc1ccc(C(=O)C2CCN(C(=O)c3cc(Cl)ccc3NS(=O)(=O)c3ccc(Oc4ccccc4Cl)cc3)CC2)cc1. The fourth-order valence-corrected chi connectivity index (χ4v) is 6.26. The fraction of sp³-hybridized carbons (Fsp3) is 0.188. The van der Waals surface area contributed by atoms with Crippen molar-refractivity contribution in [1.82, 2.24) is 4.90 Å². The third kappa shape index (κ3) is 7.13. The Hall–Kier alpha value is -4.05. The van der Waals surface area contributed by atoms with E-state index in [-0.39, 0.29) is 38.8 Å². The minimum absolute atomic E-state index is 0.0224. The third-order valence-corrected chi connectivity index (χ3v) is 9.11. The summed E-state index contributed by atoms with van der Waals surface area (Å²) in [5, 5.41) is 0.714. The molecule has 1 heterocycles. The number of ether oxygens (including phenoxy) is 2. The van der Waals surface area contributed by atoms with Gasteiger partial charge in [0.05, 0.1) is 28.3 Å². The first-order chi connectivity index (χ1) is 20.6. The molecular weight excluding hydrogens is 611 g/mol. The minimum Gasteiger partial charge on any atom is -0.497 e. The number of amides is 1. The molecule has 1 fully saturated rings. The summed E-state index contributed by atoms with van der Waals surface area (Å²) < 4.78 is 40.0. The van der Waals surface area contributed by atoms with Gasteiger partial charge in [-0.25, -0.2) is 8.42 Å². The summed E-state index contributed by atoms with van der Waals surface area (Å²) >= 11 is 12.4. The van der Waals surface area contributed by atoms with Gasteiger partial charge in [-0.15, -0.1) is 0 Å². The number of hydrogen-bond donors (Lipinski definition) is 1. The van der Waals surface area contributed by atoms with E-state index in [2.05, 4.69) is 4.72 Å². The predicted octanol–water partition coefficient (Wildman–Crippen LogP) is 7.33. The van der Waals surface area contributed by atoms with Crippen molar-refractivity contribution in [3.63, 3.8) is 0 Å². The van der Waals surface area contributed by atoms with E-state index in [9.17, 15) is 18.0 Å². The number of benzene rings is 4. The van der Waals surface area contributed by atoms with Crippen LogP contribution in [-0.4, -0.2) is 45.2 Å². The van der Waals surface area contributed by atoms with Gasteiger partial charge in [0.2, 0.25) is 0 Å². The molecule has 0 atom stereocenters. The molecule has 43 heavy (non-hydrogen) atoms. The Kier molecular flexibility index (Phi) is 9.25. The lowest BCUT2D eigenvalue weighted by molar-refractivity contribution is 0.0651. The molecule has 11 heteroatoms. The maximum Gasteiger partial charge on any atom is 0.261 e. The van der Waals surface area contributed by atoms with Crippen LogP contribution in [0.3, 0.4) is 0 Å². The van der Waals surface area contributed by atoms with Crippen molar-refractivity contribution in [3.8, 4) is 17.2 Å². The highest BCUT2D eigenvalue weighted by atomic mass is 35.5. The van der Waals surface area contributed by atoms with Crippen LogP contribution in [0.5, 0.6) is 17.2 Å². The van der Waals surface area contributed by atoms with Crippen molar-refractivity contribution in [2.24, 2.45) is 5.92 Å². The zero-order valence-electron chi connectivity index (χ0n) is 23.1. The summed E-state index contributed by atoms with van der Waals surface area (Å²) in [6, 6.07) is 24.2. The molecule has 1 saturated heterocycles. The number of nitrogens with one attached hydrogen (secondary N) is 1. The quantitative estimate of drug-likeness (QED) is 0.193. The van der Waals surface area contributed by atoms with Crippen LogP contribution in [-0.2, 0) is 10.0 Å². The topological polar surface area (TPSA) is 102 Å². The van der Waals surface area contributed by atoms with E-state index >= 15 is 0 Å². The van der Waals surface area contributed by atoms with E-state index in [0.29, 0.717) is 53.8 Å². The lowest BCUT2D eigenvalue weighted by Crippen LogP contribution is -2.40. The van der Waals surface area contributed by atoms with Crippen LogP contribution in [0.1, 0.15) is 33.6 Å². The van der Waals surface area contributed by atoms with Gasteiger partial charge in [-0.2, -0.15) is 0 Å². The van der Waals surface area contributed by atoms with E-state index < -0.39 is 10.0 Å². The normalized spacial score (nSPS) is 13.8. The van der Waals surface area contributed by atoms with Gasteiger partial charge in [-0.3, -0.25) is 14.3 Å². The Bertz CT molecular complexity index is 1740. The highest BCUT2D eigenvalue weighted by Crippen LogP contribution is 2.31. The molecule has 4 aromatic rings. The number of hydrogen-bond acceptors (Lipinski definition) is 6. The number of carbonyl (C=O) groups is 2. The monoisotopic (exact) mass is 638 g/mol. The standard InChI is InChI=1S/C32H28Cl2N2O6S/c1-41-24-9-6-21(7-10-24)31(37)22-16-18-36(19-17-22)32(38)27-20-23(33)8-15-29(27)35-43(39,40)26-13-11-25(12-14-26)42-30-5-3-2-4-28(30)34/h2-15,20,22,35H,16-19H2,1H3. The lowest BCUT2D eigenvalue weighted by atomic mass is 9.88. The van der Waals surface area contributed by atoms with Crippen molar-refractivity contribution in [3.05, 3.63) is 112 Å². The average molecular weight is 640 g/mol. The first-order valence-corrected chi connectivity index (χ1v) is 15.7. The Balaban J connectivity index is 1.27. The molecule has 0 aliphatic carbocycles. The second kappa shape index (κ2) is 13.1.